The van der Waals surface area contributed by atoms with Crippen LogP contribution in [0.1, 0.15) is 25.3 Å². The van der Waals surface area contributed by atoms with Gasteiger partial charge in [0, 0.05) is 13.0 Å². The number of hydrogen-bond donors (Lipinski definition) is 2. The summed E-state index contributed by atoms with van der Waals surface area (Å²) in [7, 11) is 0. The molecular weight excluding hydrogens is 275 g/mol. The lowest BCUT2D eigenvalue weighted by Gasteiger charge is -2.11. The second-order valence-electron chi connectivity index (χ2n) is 4.00. The molecule has 3 N–H and O–H groups in total. The van der Waals surface area contributed by atoms with Crippen LogP contribution in [0.5, 0.6) is 0 Å². The monoisotopic (exact) mass is 291 g/mol. The van der Waals surface area contributed by atoms with E-state index < -0.39 is 11.7 Å². The number of esters is 1. The Morgan fingerprint density at radius 2 is 2.15 bits per heavy atom. The lowest BCUT2D eigenvalue weighted by Crippen LogP contribution is -2.11. The summed E-state index contributed by atoms with van der Waals surface area (Å²) in [5, 5.41) is 2.70. The standard InChI is InChI=1S/C12H16F3N3O2/c1-2-20-11(19)4-3-5-17-10-7-8(12(13,14)15)6-9(16)18-10/h6-7H,2-5H2,1H3,(H3,16,17,18). The first kappa shape index (κ1) is 16.1. The Morgan fingerprint density at radius 1 is 1.45 bits per heavy atom. The molecule has 8 heteroatoms. The Labute approximate surface area is 114 Å². The van der Waals surface area contributed by atoms with Crippen LogP contribution in [0, 0.1) is 0 Å². The summed E-state index contributed by atoms with van der Waals surface area (Å²) in [6.07, 6.45) is -3.86. The van der Waals surface area contributed by atoms with Crippen molar-refractivity contribution in [2.45, 2.75) is 25.9 Å². The quantitative estimate of drug-likeness (QED) is 0.622. The molecule has 0 saturated carbocycles. The molecule has 0 amide bonds. The minimum absolute atomic E-state index is 0.0289. The van der Waals surface area contributed by atoms with E-state index in [0.29, 0.717) is 19.6 Å². The van der Waals surface area contributed by atoms with Gasteiger partial charge in [-0.3, -0.25) is 4.79 Å². The molecule has 1 heterocycles. The summed E-state index contributed by atoms with van der Waals surface area (Å²) >= 11 is 0. The van der Waals surface area contributed by atoms with Gasteiger partial charge in [-0.2, -0.15) is 13.2 Å². The van der Waals surface area contributed by atoms with Crippen molar-refractivity contribution in [1.82, 2.24) is 4.98 Å². The number of aromatic nitrogens is 1. The molecule has 0 saturated heterocycles. The highest BCUT2D eigenvalue weighted by Crippen LogP contribution is 2.31. The van der Waals surface area contributed by atoms with Crippen molar-refractivity contribution in [2.75, 3.05) is 24.2 Å². The maximum Gasteiger partial charge on any atom is 0.416 e. The lowest BCUT2D eigenvalue weighted by molar-refractivity contribution is -0.143. The van der Waals surface area contributed by atoms with Gasteiger partial charge >= 0.3 is 12.1 Å². The molecule has 0 aliphatic heterocycles. The number of nitrogens with one attached hydrogen (secondary N) is 1. The molecule has 1 aromatic rings. The molecule has 1 aromatic heterocycles. The van der Waals surface area contributed by atoms with Crippen molar-refractivity contribution in [3.8, 4) is 0 Å². The average molecular weight is 291 g/mol. The minimum Gasteiger partial charge on any atom is -0.466 e. The van der Waals surface area contributed by atoms with Crippen LogP contribution in [0.2, 0.25) is 0 Å². The Bertz CT molecular complexity index is 464. The second kappa shape index (κ2) is 6.97. The highest BCUT2D eigenvalue weighted by Gasteiger charge is 2.31. The molecule has 0 aliphatic rings. The van der Waals surface area contributed by atoms with Crippen LogP contribution in [0.3, 0.4) is 0 Å². The maximum atomic E-state index is 12.6. The van der Waals surface area contributed by atoms with Crippen molar-refractivity contribution in [3.05, 3.63) is 17.7 Å². The first-order valence-electron chi connectivity index (χ1n) is 6.07. The van der Waals surface area contributed by atoms with Crippen molar-refractivity contribution in [2.24, 2.45) is 0 Å². The van der Waals surface area contributed by atoms with E-state index in [1.807, 2.05) is 0 Å². The number of ether oxygens (including phenoxy) is 1. The van der Waals surface area contributed by atoms with Crippen LogP contribution in [-0.2, 0) is 15.7 Å². The van der Waals surface area contributed by atoms with E-state index in [0.717, 1.165) is 12.1 Å². The predicted octanol–water partition coefficient (Wildman–Crippen LogP) is 2.44. The number of alkyl halides is 3. The van der Waals surface area contributed by atoms with Gasteiger partial charge in [0.25, 0.3) is 0 Å². The van der Waals surface area contributed by atoms with Gasteiger partial charge in [0.05, 0.1) is 12.2 Å². The zero-order chi connectivity index (χ0) is 15.2. The summed E-state index contributed by atoms with van der Waals surface area (Å²) in [5.74, 6) is -0.528. The molecule has 0 radical (unpaired) electrons. The normalized spacial score (nSPS) is 11.2. The summed E-state index contributed by atoms with van der Waals surface area (Å²) in [6.45, 7) is 2.30. The SMILES string of the molecule is CCOC(=O)CCCNc1cc(C(F)(F)F)cc(N)n1. The number of pyridine rings is 1. The zero-order valence-electron chi connectivity index (χ0n) is 11.0. The Kier molecular flexibility index (Phi) is 5.60. The summed E-state index contributed by atoms with van der Waals surface area (Å²) in [4.78, 5) is 14.8. The van der Waals surface area contributed by atoms with Crippen LogP contribution in [-0.4, -0.2) is 24.1 Å². The van der Waals surface area contributed by atoms with Crippen LogP contribution in [0.25, 0.3) is 0 Å². The summed E-state index contributed by atoms with van der Waals surface area (Å²) in [5.41, 5.74) is 4.46. The van der Waals surface area contributed by atoms with Crippen molar-refractivity contribution >= 4 is 17.6 Å². The van der Waals surface area contributed by atoms with Gasteiger partial charge in [-0.1, -0.05) is 0 Å². The number of carbonyl (C=O) groups excluding carboxylic acids is 1. The fourth-order valence-corrected chi connectivity index (χ4v) is 1.49. The molecule has 0 fully saturated rings. The van der Waals surface area contributed by atoms with E-state index in [4.69, 9.17) is 10.5 Å². The number of nitrogen functional groups attached to an aromatic ring is 1. The van der Waals surface area contributed by atoms with Crippen LogP contribution >= 0.6 is 0 Å². The predicted molar refractivity (Wildman–Crippen MR) is 68.0 cm³/mol. The number of halogens is 3. The highest BCUT2D eigenvalue weighted by molar-refractivity contribution is 5.69. The number of carbonyl (C=O) groups is 1. The van der Waals surface area contributed by atoms with Gasteiger partial charge < -0.3 is 15.8 Å². The van der Waals surface area contributed by atoms with Crippen LogP contribution in [0.15, 0.2) is 12.1 Å². The number of hydrogen-bond acceptors (Lipinski definition) is 5. The van der Waals surface area contributed by atoms with Gasteiger partial charge in [-0.05, 0) is 25.5 Å². The van der Waals surface area contributed by atoms with E-state index >= 15 is 0 Å². The van der Waals surface area contributed by atoms with Crippen molar-refractivity contribution < 1.29 is 22.7 Å². The van der Waals surface area contributed by atoms with E-state index in [1.54, 1.807) is 6.92 Å². The molecule has 0 aromatic carbocycles. The third kappa shape index (κ3) is 5.33. The van der Waals surface area contributed by atoms with Gasteiger partial charge in [0.2, 0.25) is 0 Å². The van der Waals surface area contributed by atoms with E-state index in [2.05, 4.69) is 10.3 Å². The van der Waals surface area contributed by atoms with Gasteiger partial charge in [-0.15, -0.1) is 0 Å². The van der Waals surface area contributed by atoms with Gasteiger partial charge in [-0.25, -0.2) is 4.98 Å². The number of nitrogens with two attached hydrogens (primary N) is 1. The largest absolute Gasteiger partial charge is 0.466 e. The van der Waals surface area contributed by atoms with Gasteiger partial charge in [0.15, 0.2) is 0 Å². The fourth-order valence-electron chi connectivity index (χ4n) is 1.49. The average Bonchev–Trinajstić information content (AvgIpc) is 2.33. The molecule has 0 atom stereocenters. The molecule has 1 rings (SSSR count). The Balaban J connectivity index is 2.52. The van der Waals surface area contributed by atoms with E-state index in [1.165, 1.54) is 0 Å². The highest BCUT2D eigenvalue weighted by atomic mass is 19.4. The first-order chi connectivity index (χ1) is 9.32. The smallest absolute Gasteiger partial charge is 0.416 e. The zero-order valence-corrected chi connectivity index (χ0v) is 11.0. The van der Waals surface area contributed by atoms with Crippen LogP contribution < -0.4 is 11.1 Å². The Hall–Kier alpha value is -1.99. The first-order valence-corrected chi connectivity index (χ1v) is 6.07. The third-order valence-corrected chi connectivity index (χ3v) is 2.34. The van der Waals surface area contributed by atoms with E-state index in [-0.39, 0.29) is 24.0 Å². The number of anilines is 2. The maximum absolute atomic E-state index is 12.6. The fraction of sp³-hybridized carbons (Fsp3) is 0.500. The van der Waals surface area contributed by atoms with E-state index in [9.17, 15) is 18.0 Å². The van der Waals surface area contributed by atoms with Gasteiger partial charge in [0.1, 0.15) is 11.6 Å². The lowest BCUT2D eigenvalue weighted by atomic mass is 10.2. The molecule has 5 nitrogen and oxygen atoms in total. The van der Waals surface area contributed by atoms with Crippen molar-refractivity contribution in [3.63, 3.8) is 0 Å². The summed E-state index contributed by atoms with van der Waals surface area (Å²) < 4.78 is 42.4. The van der Waals surface area contributed by atoms with Crippen molar-refractivity contribution in [1.29, 1.82) is 0 Å². The molecule has 20 heavy (non-hydrogen) atoms. The topological polar surface area (TPSA) is 77.2 Å². The second-order valence-corrected chi connectivity index (χ2v) is 4.00. The molecule has 0 unspecified atom stereocenters. The molecule has 112 valence electrons. The molecule has 0 bridgehead atoms. The van der Waals surface area contributed by atoms with Crippen LogP contribution in [0.4, 0.5) is 24.8 Å². The molecular formula is C12H16F3N3O2. The minimum atomic E-state index is -4.47. The molecule has 0 spiro atoms. The third-order valence-electron chi connectivity index (χ3n) is 2.34. The Morgan fingerprint density at radius 3 is 2.75 bits per heavy atom. The number of nitrogens with zero attached hydrogens (tertiary/aromatic N) is 1. The number of rotatable bonds is 6. The summed E-state index contributed by atoms with van der Waals surface area (Å²) in [6, 6.07) is 1.64. The molecule has 0 aliphatic carbocycles.